The van der Waals surface area contributed by atoms with Crippen LogP contribution < -0.4 is 5.46 Å². The number of rotatable bonds is 3. The molecule has 102 valence electrons. The Labute approximate surface area is 122 Å². The van der Waals surface area contributed by atoms with Crippen molar-refractivity contribution in [3.63, 3.8) is 0 Å². The van der Waals surface area contributed by atoms with E-state index >= 15 is 0 Å². The Balaban J connectivity index is 2.02. The van der Waals surface area contributed by atoms with Crippen LogP contribution in [0.2, 0.25) is 18.5 Å². The van der Waals surface area contributed by atoms with Gasteiger partial charge < -0.3 is 0 Å². The molecule has 1 aromatic rings. The highest BCUT2D eigenvalue weighted by atomic mass is 14.2. The van der Waals surface area contributed by atoms with Crippen molar-refractivity contribution in [3.05, 3.63) is 78.9 Å². The predicted octanol–water partition coefficient (Wildman–Crippen LogP) is 4.74. The summed E-state index contributed by atoms with van der Waals surface area (Å²) < 4.78 is 0. The molecule has 0 bridgehead atoms. The Kier molecular flexibility index (Phi) is 3.78. The quantitative estimate of drug-likeness (QED) is 0.689. The first-order valence-electron chi connectivity index (χ1n) is 7.74. The molecular weight excluding hydrogens is 239 g/mol. The number of benzene rings is 1. The minimum absolute atomic E-state index is 0.628. The topological polar surface area (TPSA) is 0 Å². The maximum absolute atomic E-state index is 2.50. The Hall–Kier alpha value is -1.76. The third kappa shape index (κ3) is 2.33. The van der Waals surface area contributed by atoms with Crippen molar-refractivity contribution in [2.45, 2.75) is 31.3 Å². The van der Waals surface area contributed by atoms with Gasteiger partial charge >= 0.3 is 0 Å². The minimum atomic E-state index is -0.634. The molecule has 0 spiro atoms. The van der Waals surface area contributed by atoms with Crippen molar-refractivity contribution >= 4 is 11.6 Å². The van der Waals surface area contributed by atoms with Gasteiger partial charge in [0.15, 0.2) is 0 Å². The lowest BCUT2D eigenvalue weighted by atomic mass is 9.11. The predicted molar refractivity (Wildman–Crippen MR) is 91.0 cm³/mol. The molecule has 0 aromatic heterocycles. The molecule has 1 heteroatoms. The third-order valence-electron chi connectivity index (χ3n) is 5.32. The largest absolute Gasteiger partial charge is 0.209 e. The van der Waals surface area contributed by atoms with Gasteiger partial charge in [-0.2, -0.15) is 6.82 Å². The second-order valence-electron chi connectivity index (χ2n) is 6.32. The van der Waals surface area contributed by atoms with Crippen LogP contribution in [0.5, 0.6) is 0 Å². The Bertz CT molecular complexity index is 533. The fourth-order valence-electron chi connectivity index (χ4n) is 3.91. The van der Waals surface area contributed by atoms with Crippen molar-refractivity contribution in [2.24, 2.45) is 0 Å². The first kappa shape index (κ1) is 13.2. The summed E-state index contributed by atoms with van der Waals surface area (Å²) in [5.41, 5.74) is 1.52. The van der Waals surface area contributed by atoms with Crippen LogP contribution in [0, 0.1) is 0 Å². The van der Waals surface area contributed by atoms with Gasteiger partial charge in [-0.1, -0.05) is 79.6 Å². The summed E-state index contributed by atoms with van der Waals surface area (Å²) in [5, 5.41) is 0. The minimum Gasteiger partial charge on any atom is -0.209 e. The summed E-state index contributed by atoms with van der Waals surface area (Å²) in [6.45, 7) is 2.50. The molecule has 0 heterocycles. The highest BCUT2D eigenvalue weighted by Gasteiger charge is 2.34. The lowest BCUT2D eigenvalue weighted by molar-refractivity contribution is 0.897. The maximum Gasteiger partial charge on any atom is 0.0395 e. The molecule has 0 radical (unpaired) electrons. The summed E-state index contributed by atoms with van der Waals surface area (Å²) in [5.74, 6) is 1.26. The van der Waals surface area contributed by atoms with Crippen molar-refractivity contribution in [1.29, 1.82) is 0 Å². The van der Waals surface area contributed by atoms with Gasteiger partial charge in [0.25, 0.3) is 0 Å². The molecule has 20 heavy (non-hydrogen) atoms. The maximum atomic E-state index is 2.50. The molecule has 2 atom stereocenters. The lowest BCUT2D eigenvalue weighted by Gasteiger charge is -2.49. The molecule has 3 rings (SSSR count). The van der Waals surface area contributed by atoms with Gasteiger partial charge in [-0.25, -0.2) is 5.46 Å². The van der Waals surface area contributed by atoms with Gasteiger partial charge in [-0.05, 0) is 0 Å². The molecule has 2 aliphatic carbocycles. The Morgan fingerprint density at radius 2 is 1.35 bits per heavy atom. The molecule has 0 saturated carbocycles. The van der Waals surface area contributed by atoms with Gasteiger partial charge in [0.1, 0.15) is 0 Å². The zero-order chi connectivity index (χ0) is 13.8. The van der Waals surface area contributed by atoms with E-state index in [1.165, 1.54) is 5.46 Å². The normalized spacial score (nSPS) is 27.4. The molecule has 0 saturated heterocycles. The van der Waals surface area contributed by atoms with E-state index in [1.54, 1.807) is 0 Å². The Morgan fingerprint density at radius 3 is 1.80 bits per heavy atom. The average Bonchev–Trinajstić information content (AvgIpc) is 2.56. The molecule has 2 unspecified atom stereocenters. The van der Waals surface area contributed by atoms with Crippen LogP contribution in [0.3, 0.4) is 0 Å². The van der Waals surface area contributed by atoms with Gasteiger partial charge in [0.05, 0.1) is 0 Å². The molecule has 1 aromatic carbocycles. The molecule has 0 nitrogen and oxygen atoms in total. The fraction of sp³-hybridized carbons (Fsp3) is 0.263. The number of allylic oxidation sites excluding steroid dienone is 8. The summed E-state index contributed by atoms with van der Waals surface area (Å²) >= 11 is 0. The summed E-state index contributed by atoms with van der Waals surface area (Å²) in [4.78, 5) is 0. The van der Waals surface area contributed by atoms with E-state index in [4.69, 9.17) is 0 Å². The van der Waals surface area contributed by atoms with Crippen molar-refractivity contribution in [1.82, 2.24) is 0 Å². The van der Waals surface area contributed by atoms with Crippen LogP contribution in [-0.4, -0.2) is 6.15 Å². The van der Waals surface area contributed by atoms with E-state index in [-0.39, 0.29) is 0 Å². The summed E-state index contributed by atoms with van der Waals surface area (Å²) in [6.07, 6.45) is 19.9. The van der Waals surface area contributed by atoms with Crippen molar-refractivity contribution < 1.29 is 0 Å². The van der Waals surface area contributed by atoms with Crippen LogP contribution in [0.1, 0.15) is 12.8 Å². The van der Waals surface area contributed by atoms with Crippen LogP contribution in [-0.2, 0) is 0 Å². The van der Waals surface area contributed by atoms with Gasteiger partial charge in [-0.3, -0.25) is 0 Å². The van der Waals surface area contributed by atoms with E-state index in [2.05, 4.69) is 85.8 Å². The molecule has 0 aliphatic heterocycles. The molecule has 0 amide bonds. The van der Waals surface area contributed by atoms with E-state index in [0.29, 0.717) is 11.6 Å². The van der Waals surface area contributed by atoms with Crippen LogP contribution in [0.15, 0.2) is 78.9 Å². The second-order valence-corrected chi connectivity index (χ2v) is 6.32. The van der Waals surface area contributed by atoms with Gasteiger partial charge in [0.2, 0.25) is 0 Å². The number of hydrogen-bond donors (Lipinski definition) is 0. The van der Waals surface area contributed by atoms with Crippen LogP contribution >= 0.6 is 0 Å². The third-order valence-corrected chi connectivity index (χ3v) is 5.32. The van der Waals surface area contributed by atoms with Gasteiger partial charge in [-0.15, -0.1) is 23.8 Å². The highest BCUT2D eigenvalue weighted by Crippen LogP contribution is 2.41. The standard InChI is InChI=1S/C19H22B/c1-20(17-11-5-2-6-12-17,18-13-7-3-8-14-18)19-15-9-4-10-16-19/h2-13,15,18-19H,14,16H2,1H3/q-1. The summed E-state index contributed by atoms with van der Waals surface area (Å²) in [6, 6.07) is 11.1. The van der Waals surface area contributed by atoms with E-state index < -0.39 is 6.15 Å². The molecule has 0 fully saturated rings. The first-order chi connectivity index (χ1) is 9.82. The fourth-order valence-corrected chi connectivity index (χ4v) is 3.91. The Morgan fingerprint density at radius 1 is 0.800 bits per heavy atom. The highest BCUT2D eigenvalue weighted by molar-refractivity contribution is 6.94. The summed E-state index contributed by atoms with van der Waals surface area (Å²) in [7, 11) is 0. The van der Waals surface area contributed by atoms with Crippen molar-refractivity contribution in [3.8, 4) is 0 Å². The van der Waals surface area contributed by atoms with Gasteiger partial charge in [0, 0.05) is 6.15 Å². The van der Waals surface area contributed by atoms with Crippen LogP contribution in [0.4, 0.5) is 0 Å². The zero-order valence-electron chi connectivity index (χ0n) is 12.2. The smallest absolute Gasteiger partial charge is 0.0395 e. The SMILES string of the molecule is C[B-](c1ccccc1)(C1C=CC=CC1)C1C=CC=CC1. The van der Waals surface area contributed by atoms with E-state index in [0.717, 1.165) is 12.8 Å². The van der Waals surface area contributed by atoms with Crippen LogP contribution in [0.25, 0.3) is 0 Å². The first-order valence-corrected chi connectivity index (χ1v) is 7.74. The second kappa shape index (κ2) is 5.70. The van der Waals surface area contributed by atoms with E-state index in [9.17, 15) is 0 Å². The lowest BCUT2D eigenvalue weighted by Crippen LogP contribution is -2.52. The van der Waals surface area contributed by atoms with Crippen molar-refractivity contribution in [2.75, 3.05) is 0 Å². The molecular formula is C19H22B-. The molecule has 0 N–H and O–H groups in total. The average molecular weight is 261 g/mol. The molecule has 2 aliphatic rings. The number of hydrogen-bond acceptors (Lipinski definition) is 0. The zero-order valence-corrected chi connectivity index (χ0v) is 12.2. The monoisotopic (exact) mass is 261 g/mol. The van der Waals surface area contributed by atoms with E-state index in [1.807, 2.05) is 0 Å².